The summed E-state index contributed by atoms with van der Waals surface area (Å²) in [6, 6.07) is 11.6. The van der Waals surface area contributed by atoms with Crippen LogP contribution in [0.3, 0.4) is 0 Å². The van der Waals surface area contributed by atoms with E-state index in [1.165, 1.54) is 22.6 Å². The number of rotatable bonds is 7. The minimum atomic E-state index is -0.253. The Labute approximate surface area is 180 Å². The molecule has 1 aliphatic rings. The van der Waals surface area contributed by atoms with Crippen LogP contribution in [0.2, 0.25) is 0 Å². The van der Waals surface area contributed by atoms with Crippen molar-refractivity contribution in [3.63, 3.8) is 0 Å². The summed E-state index contributed by atoms with van der Waals surface area (Å²) in [5, 5.41) is 5.41. The first-order valence-electron chi connectivity index (χ1n) is 9.99. The highest BCUT2D eigenvalue weighted by molar-refractivity contribution is 7.14. The molecule has 0 unspecified atom stereocenters. The normalized spacial score (nSPS) is 12.6. The smallest absolute Gasteiger partial charge is 0.257 e. The van der Waals surface area contributed by atoms with Crippen LogP contribution in [0.25, 0.3) is 11.3 Å². The molecule has 0 radical (unpaired) electrons. The van der Waals surface area contributed by atoms with E-state index in [4.69, 9.17) is 9.47 Å². The number of amides is 1. The molecular formula is C23H25N3O3S. The van der Waals surface area contributed by atoms with E-state index < -0.39 is 0 Å². The van der Waals surface area contributed by atoms with E-state index in [-0.39, 0.29) is 5.91 Å². The first-order chi connectivity index (χ1) is 14.6. The molecule has 0 saturated heterocycles. The minimum absolute atomic E-state index is 0.253. The first-order valence-corrected chi connectivity index (χ1v) is 10.9. The summed E-state index contributed by atoms with van der Waals surface area (Å²) in [7, 11) is 3.11. The van der Waals surface area contributed by atoms with Gasteiger partial charge in [-0.1, -0.05) is 13.0 Å². The van der Waals surface area contributed by atoms with Crippen molar-refractivity contribution in [1.82, 2.24) is 4.98 Å². The molecule has 0 atom stereocenters. The van der Waals surface area contributed by atoms with Crippen molar-refractivity contribution < 1.29 is 14.3 Å². The standard InChI is InChI=1S/C23H25N3O3S/c1-4-8-26-9-7-16-10-15(5-6-21(16)26)20-14-30-23(24-20)25-22(27)17-11-18(28-2)13-19(12-17)29-3/h5-6,10-14H,4,7-9H2,1-3H3,(H,24,25,27). The summed E-state index contributed by atoms with van der Waals surface area (Å²) in [5.74, 6) is 0.876. The first kappa shape index (κ1) is 20.2. The number of benzene rings is 2. The van der Waals surface area contributed by atoms with Crippen LogP contribution >= 0.6 is 11.3 Å². The van der Waals surface area contributed by atoms with Gasteiger partial charge >= 0.3 is 0 Å². The number of hydrogen-bond donors (Lipinski definition) is 1. The van der Waals surface area contributed by atoms with Crippen molar-refractivity contribution in [2.24, 2.45) is 0 Å². The Hall–Kier alpha value is -3.06. The zero-order chi connectivity index (χ0) is 21.1. The van der Waals surface area contributed by atoms with E-state index in [0.29, 0.717) is 22.2 Å². The Kier molecular flexibility index (Phi) is 5.90. The molecule has 30 heavy (non-hydrogen) atoms. The number of nitrogens with zero attached hydrogens (tertiary/aromatic N) is 2. The van der Waals surface area contributed by atoms with E-state index in [2.05, 4.69) is 40.3 Å². The number of carbonyl (C=O) groups is 1. The van der Waals surface area contributed by atoms with Crippen molar-refractivity contribution in [3.05, 3.63) is 52.9 Å². The molecule has 1 amide bonds. The molecule has 1 aromatic heterocycles. The van der Waals surface area contributed by atoms with E-state index in [9.17, 15) is 4.79 Å². The maximum atomic E-state index is 12.7. The molecular weight excluding hydrogens is 398 g/mol. The molecule has 0 aliphatic carbocycles. The van der Waals surface area contributed by atoms with Gasteiger partial charge in [-0.3, -0.25) is 10.1 Å². The second kappa shape index (κ2) is 8.75. The number of fused-ring (bicyclic) bond motifs is 1. The predicted octanol–water partition coefficient (Wildman–Crippen LogP) is 4.85. The molecule has 156 valence electrons. The van der Waals surface area contributed by atoms with Gasteiger partial charge < -0.3 is 14.4 Å². The van der Waals surface area contributed by atoms with Gasteiger partial charge in [0.05, 0.1) is 19.9 Å². The molecule has 0 fully saturated rings. The van der Waals surface area contributed by atoms with Gasteiger partial charge in [0.1, 0.15) is 11.5 Å². The van der Waals surface area contributed by atoms with Crippen LogP contribution in [-0.4, -0.2) is 38.2 Å². The largest absolute Gasteiger partial charge is 0.497 e. The number of nitrogens with one attached hydrogen (secondary N) is 1. The van der Waals surface area contributed by atoms with Gasteiger partial charge in [0.25, 0.3) is 5.91 Å². The van der Waals surface area contributed by atoms with Crippen molar-refractivity contribution in [2.45, 2.75) is 19.8 Å². The molecule has 1 N–H and O–H groups in total. The van der Waals surface area contributed by atoms with Gasteiger partial charge in [0, 0.05) is 41.4 Å². The average Bonchev–Trinajstić information content (AvgIpc) is 3.40. The topological polar surface area (TPSA) is 63.7 Å². The average molecular weight is 424 g/mol. The van der Waals surface area contributed by atoms with Crippen molar-refractivity contribution in [3.8, 4) is 22.8 Å². The number of ether oxygens (including phenoxy) is 2. The van der Waals surface area contributed by atoms with E-state index in [1.807, 2.05) is 5.38 Å². The molecule has 7 heteroatoms. The van der Waals surface area contributed by atoms with Crippen molar-refractivity contribution in [1.29, 1.82) is 0 Å². The molecule has 4 rings (SSSR count). The number of carbonyl (C=O) groups excluding carboxylic acids is 1. The summed E-state index contributed by atoms with van der Waals surface area (Å²) in [6.45, 7) is 4.38. The maximum Gasteiger partial charge on any atom is 0.257 e. The molecule has 2 heterocycles. The third kappa shape index (κ3) is 4.11. The number of hydrogen-bond acceptors (Lipinski definition) is 6. The van der Waals surface area contributed by atoms with Crippen LogP contribution in [0.15, 0.2) is 41.8 Å². The molecule has 6 nitrogen and oxygen atoms in total. The zero-order valence-electron chi connectivity index (χ0n) is 17.4. The van der Waals surface area contributed by atoms with Crippen LogP contribution in [0.4, 0.5) is 10.8 Å². The molecule has 1 aliphatic heterocycles. The summed E-state index contributed by atoms with van der Waals surface area (Å²) < 4.78 is 10.5. The Morgan fingerprint density at radius 2 is 1.93 bits per heavy atom. The fourth-order valence-electron chi connectivity index (χ4n) is 3.70. The number of methoxy groups -OCH3 is 2. The quantitative estimate of drug-likeness (QED) is 0.588. The highest BCUT2D eigenvalue weighted by atomic mass is 32.1. The van der Waals surface area contributed by atoms with E-state index in [0.717, 1.165) is 37.2 Å². The van der Waals surface area contributed by atoms with Crippen LogP contribution in [0.5, 0.6) is 11.5 Å². The van der Waals surface area contributed by atoms with Crippen LogP contribution < -0.4 is 19.7 Å². The molecule has 0 saturated carbocycles. The summed E-state index contributed by atoms with van der Waals surface area (Å²) in [5.41, 5.74) is 5.10. The minimum Gasteiger partial charge on any atom is -0.497 e. The molecule has 3 aromatic rings. The molecule has 0 bridgehead atoms. The second-order valence-corrected chi connectivity index (χ2v) is 8.03. The lowest BCUT2D eigenvalue weighted by Crippen LogP contribution is -2.20. The monoisotopic (exact) mass is 423 g/mol. The Bertz CT molecular complexity index is 1040. The molecule has 2 aromatic carbocycles. The second-order valence-electron chi connectivity index (χ2n) is 7.17. The molecule has 0 spiro atoms. The lowest BCUT2D eigenvalue weighted by atomic mass is 10.1. The Morgan fingerprint density at radius 1 is 1.17 bits per heavy atom. The van der Waals surface area contributed by atoms with Crippen LogP contribution in [0, 0.1) is 0 Å². The highest BCUT2D eigenvalue weighted by Crippen LogP contribution is 2.33. The van der Waals surface area contributed by atoms with Gasteiger partial charge in [0.15, 0.2) is 5.13 Å². The zero-order valence-corrected chi connectivity index (χ0v) is 18.2. The Morgan fingerprint density at radius 3 is 2.63 bits per heavy atom. The third-order valence-corrected chi connectivity index (χ3v) is 5.96. The lowest BCUT2D eigenvalue weighted by molar-refractivity contribution is 0.102. The fourth-order valence-corrected chi connectivity index (χ4v) is 4.42. The van der Waals surface area contributed by atoms with Gasteiger partial charge in [0.2, 0.25) is 0 Å². The highest BCUT2D eigenvalue weighted by Gasteiger charge is 2.19. The van der Waals surface area contributed by atoms with E-state index in [1.54, 1.807) is 32.4 Å². The third-order valence-electron chi connectivity index (χ3n) is 5.20. The number of aromatic nitrogens is 1. The summed E-state index contributed by atoms with van der Waals surface area (Å²) in [6.07, 6.45) is 2.21. The fraction of sp³-hybridized carbons (Fsp3) is 0.304. The Balaban J connectivity index is 1.51. The van der Waals surface area contributed by atoms with Crippen LogP contribution in [-0.2, 0) is 6.42 Å². The van der Waals surface area contributed by atoms with Gasteiger partial charge in [-0.05, 0) is 42.7 Å². The van der Waals surface area contributed by atoms with Gasteiger partial charge in [-0.15, -0.1) is 11.3 Å². The maximum absolute atomic E-state index is 12.7. The number of thiazole rings is 1. The number of anilines is 2. The summed E-state index contributed by atoms with van der Waals surface area (Å²) in [4.78, 5) is 19.7. The summed E-state index contributed by atoms with van der Waals surface area (Å²) >= 11 is 1.41. The predicted molar refractivity (Wildman–Crippen MR) is 121 cm³/mol. The van der Waals surface area contributed by atoms with Crippen LogP contribution in [0.1, 0.15) is 29.3 Å². The van der Waals surface area contributed by atoms with Crippen molar-refractivity contribution in [2.75, 3.05) is 37.5 Å². The van der Waals surface area contributed by atoms with Crippen molar-refractivity contribution >= 4 is 28.1 Å². The van der Waals surface area contributed by atoms with Gasteiger partial charge in [-0.2, -0.15) is 0 Å². The van der Waals surface area contributed by atoms with Gasteiger partial charge in [-0.25, -0.2) is 4.98 Å². The lowest BCUT2D eigenvalue weighted by Gasteiger charge is -2.18. The SMILES string of the molecule is CCCN1CCc2cc(-c3csc(NC(=O)c4cc(OC)cc(OC)c4)n3)ccc21. The van der Waals surface area contributed by atoms with E-state index >= 15 is 0 Å².